The summed E-state index contributed by atoms with van der Waals surface area (Å²) in [5.74, 6) is -0.282. The van der Waals surface area contributed by atoms with Crippen molar-refractivity contribution >= 4 is 5.97 Å². The molecule has 1 heterocycles. The predicted octanol–water partition coefficient (Wildman–Crippen LogP) is 2.85. The van der Waals surface area contributed by atoms with Gasteiger partial charge < -0.3 is 14.2 Å². The molecule has 2 rings (SSSR count). The van der Waals surface area contributed by atoms with Crippen LogP contribution in [0.3, 0.4) is 0 Å². The molecule has 1 saturated heterocycles. The molecule has 0 amide bonds. The van der Waals surface area contributed by atoms with Gasteiger partial charge in [0.15, 0.2) is 12.4 Å². The number of ether oxygens (including phenoxy) is 3. The van der Waals surface area contributed by atoms with E-state index in [0.717, 1.165) is 5.56 Å². The van der Waals surface area contributed by atoms with E-state index in [1.807, 2.05) is 44.2 Å². The zero-order chi connectivity index (χ0) is 14.5. The molecule has 1 aromatic rings. The molecule has 0 N–H and O–H groups in total. The Labute approximate surface area is 119 Å². The zero-order valence-corrected chi connectivity index (χ0v) is 11.8. The van der Waals surface area contributed by atoms with Crippen molar-refractivity contribution in [1.82, 2.24) is 0 Å². The summed E-state index contributed by atoms with van der Waals surface area (Å²) in [5, 5.41) is 0. The fourth-order valence-electron chi connectivity index (χ4n) is 1.87. The monoisotopic (exact) mass is 276 g/mol. The summed E-state index contributed by atoms with van der Waals surface area (Å²) in [4.78, 5) is 12.0. The number of hydrogen-bond donors (Lipinski definition) is 0. The molecule has 0 radical (unpaired) electrons. The average molecular weight is 276 g/mol. The molecule has 1 aliphatic rings. The van der Waals surface area contributed by atoms with Gasteiger partial charge in [-0.25, -0.2) is 4.79 Å². The minimum absolute atomic E-state index is 0.103. The van der Waals surface area contributed by atoms with Crippen molar-refractivity contribution in [3.05, 3.63) is 48.6 Å². The van der Waals surface area contributed by atoms with Crippen molar-refractivity contribution in [3.8, 4) is 0 Å². The molecule has 0 aliphatic carbocycles. The fourth-order valence-corrected chi connectivity index (χ4v) is 1.87. The van der Waals surface area contributed by atoms with Gasteiger partial charge in [0.2, 0.25) is 0 Å². The van der Waals surface area contributed by atoms with Crippen LogP contribution >= 0.6 is 0 Å². The highest BCUT2D eigenvalue weighted by molar-refractivity contribution is 5.75. The predicted molar refractivity (Wildman–Crippen MR) is 74.9 cm³/mol. The van der Waals surface area contributed by atoms with Gasteiger partial charge in [-0.1, -0.05) is 43.3 Å². The van der Waals surface area contributed by atoms with E-state index in [4.69, 9.17) is 14.2 Å². The lowest BCUT2D eigenvalue weighted by Gasteiger charge is -2.19. The van der Waals surface area contributed by atoms with Gasteiger partial charge in [0.1, 0.15) is 6.10 Å². The van der Waals surface area contributed by atoms with Gasteiger partial charge in [0, 0.05) is 11.5 Å². The highest BCUT2D eigenvalue weighted by Gasteiger charge is 2.34. The topological polar surface area (TPSA) is 44.8 Å². The first-order valence-corrected chi connectivity index (χ1v) is 6.77. The van der Waals surface area contributed by atoms with Crippen molar-refractivity contribution in [3.63, 3.8) is 0 Å². The van der Waals surface area contributed by atoms with Crippen LogP contribution in [0.4, 0.5) is 0 Å². The maximum Gasteiger partial charge on any atom is 0.338 e. The van der Waals surface area contributed by atoms with Crippen LogP contribution in [0, 0.1) is 5.92 Å². The molecule has 1 aromatic carbocycles. The van der Waals surface area contributed by atoms with E-state index in [1.165, 1.54) is 0 Å². The first-order chi connectivity index (χ1) is 9.61. The quantitative estimate of drug-likeness (QED) is 0.613. The SMILES string of the molecule is C=C[C@@H](C)[C@@H](C)OC(=O)[C@H]1COC(c2ccccc2)O1. The Morgan fingerprint density at radius 3 is 2.75 bits per heavy atom. The smallest absolute Gasteiger partial charge is 0.338 e. The Kier molecular flexibility index (Phi) is 4.93. The molecule has 4 heteroatoms. The average Bonchev–Trinajstić information content (AvgIpc) is 2.97. The Bertz CT molecular complexity index is 457. The molecule has 0 spiro atoms. The summed E-state index contributed by atoms with van der Waals surface area (Å²) in [7, 11) is 0. The van der Waals surface area contributed by atoms with E-state index in [-0.39, 0.29) is 24.6 Å². The number of rotatable bonds is 5. The van der Waals surface area contributed by atoms with E-state index < -0.39 is 12.4 Å². The summed E-state index contributed by atoms with van der Waals surface area (Å²) in [6, 6.07) is 9.53. The second kappa shape index (κ2) is 6.68. The third-order valence-electron chi connectivity index (χ3n) is 3.44. The molecule has 1 unspecified atom stereocenters. The van der Waals surface area contributed by atoms with E-state index in [2.05, 4.69) is 6.58 Å². The normalized spacial score (nSPS) is 24.9. The molecule has 1 fully saturated rings. The third kappa shape index (κ3) is 3.46. The highest BCUT2D eigenvalue weighted by atomic mass is 16.7. The van der Waals surface area contributed by atoms with E-state index in [9.17, 15) is 4.79 Å². The number of esters is 1. The fraction of sp³-hybridized carbons (Fsp3) is 0.438. The second-order valence-electron chi connectivity index (χ2n) is 4.94. The number of carbonyl (C=O) groups is 1. The molecule has 0 aromatic heterocycles. The summed E-state index contributed by atoms with van der Waals surface area (Å²) < 4.78 is 16.5. The molecule has 4 atom stereocenters. The van der Waals surface area contributed by atoms with Crippen molar-refractivity contribution in [2.24, 2.45) is 5.92 Å². The largest absolute Gasteiger partial charge is 0.460 e. The van der Waals surface area contributed by atoms with Gasteiger partial charge in [-0.15, -0.1) is 6.58 Å². The van der Waals surface area contributed by atoms with Gasteiger partial charge in [-0.2, -0.15) is 0 Å². The van der Waals surface area contributed by atoms with Gasteiger partial charge in [0.05, 0.1) is 6.61 Å². The molecule has 4 nitrogen and oxygen atoms in total. The summed E-state index contributed by atoms with van der Waals surface area (Å²) in [6.07, 6.45) is 0.372. The Morgan fingerprint density at radius 2 is 2.10 bits per heavy atom. The van der Waals surface area contributed by atoms with Gasteiger partial charge in [0.25, 0.3) is 0 Å². The lowest BCUT2D eigenvalue weighted by molar-refractivity contribution is -0.163. The van der Waals surface area contributed by atoms with E-state index in [0.29, 0.717) is 0 Å². The summed E-state index contributed by atoms with van der Waals surface area (Å²) >= 11 is 0. The van der Waals surface area contributed by atoms with Crippen LogP contribution in [0.1, 0.15) is 25.7 Å². The Balaban J connectivity index is 1.89. The minimum Gasteiger partial charge on any atom is -0.460 e. The maximum absolute atomic E-state index is 12.0. The van der Waals surface area contributed by atoms with Crippen molar-refractivity contribution < 1.29 is 19.0 Å². The molecule has 1 aliphatic heterocycles. The Morgan fingerprint density at radius 1 is 1.40 bits per heavy atom. The first kappa shape index (κ1) is 14.8. The van der Waals surface area contributed by atoms with Gasteiger partial charge >= 0.3 is 5.97 Å². The van der Waals surface area contributed by atoms with Gasteiger partial charge in [-0.3, -0.25) is 0 Å². The van der Waals surface area contributed by atoms with Gasteiger partial charge in [-0.05, 0) is 6.92 Å². The lowest BCUT2D eigenvalue weighted by Crippen LogP contribution is -2.30. The molecule has 20 heavy (non-hydrogen) atoms. The molecular weight excluding hydrogens is 256 g/mol. The number of carbonyl (C=O) groups excluding carboxylic acids is 1. The van der Waals surface area contributed by atoms with Crippen LogP contribution in [0.5, 0.6) is 0 Å². The third-order valence-corrected chi connectivity index (χ3v) is 3.44. The lowest BCUT2D eigenvalue weighted by atomic mass is 10.1. The van der Waals surface area contributed by atoms with Crippen molar-refractivity contribution in [1.29, 1.82) is 0 Å². The first-order valence-electron chi connectivity index (χ1n) is 6.77. The molecular formula is C16H20O4. The van der Waals surface area contributed by atoms with Crippen molar-refractivity contribution in [2.45, 2.75) is 32.3 Å². The molecule has 108 valence electrons. The highest BCUT2D eigenvalue weighted by Crippen LogP contribution is 2.27. The van der Waals surface area contributed by atoms with E-state index in [1.54, 1.807) is 6.08 Å². The minimum atomic E-state index is -0.667. The van der Waals surface area contributed by atoms with E-state index >= 15 is 0 Å². The van der Waals surface area contributed by atoms with Crippen LogP contribution in [-0.4, -0.2) is 24.8 Å². The Hall–Kier alpha value is -1.65. The van der Waals surface area contributed by atoms with Crippen LogP contribution in [0.2, 0.25) is 0 Å². The zero-order valence-electron chi connectivity index (χ0n) is 11.8. The summed E-state index contributed by atoms with van der Waals surface area (Å²) in [6.45, 7) is 7.70. The maximum atomic E-state index is 12.0. The summed E-state index contributed by atoms with van der Waals surface area (Å²) in [5.41, 5.74) is 0.898. The van der Waals surface area contributed by atoms with Crippen LogP contribution in [-0.2, 0) is 19.0 Å². The standard InChI is InChI=1S/C16H20O4/c1-4-11(2)12(3)19-15(17)14-10-18-16(20-14)13-8-6-5-7-9-13/h4-9,11-12,14,16H,1,10H2,2-3H3/t11-,12-,14-,16?/m1/s1. The second-order valence-corrected chi connectivity index (χ2v) is 4.94. The molecule has 0 bridgehead atoms. The number of benzene rings is 1. The molecule has 0 saturated carbocycles. The number of hydrogen-bond acceptors (Lipinski definition) is 4. The van der Waals surface area contributed by atoms with Crippen LogP contribution < -0.4 is 0 Å². The van der Waals surface area contributed by atoms with Crippen LogP contribution in [0.25, 0.3) is 0 Å². The van der Waals surface area contributed by atoms with Crippen LogP contribution in [0.15, 0.2) is 43.0 Å². The van der Waals surface area contributed by atoms with Crippen molar-refractivity contribution in [2.75, 3.05) is 6.61 Å².